The van der Waals surface area contributed by atoms with Crippen molar-refractivity contribution in [1.29, 1.82) is 0 Å². The average Bonchev–Trinajstić information content (AvgIpc) is 2.81. The van der Waals surface area contributed by atoms with E-state index in [4.69, 9.17) is 0 Å². The first-order chi connectivity index (χ1) is 9.04. The Kier molecular flexibility index (Phi) is 2.67. The van der Waals surface area contributed by atoms with Gasteiger partial charge in [-0.2, -0.15) is 0 Å². The molecule has 3 rings (SSSR count). The normalized spacial score (nSPS) is 11.9. The summed E-state index contributed by atoms with van der Waals surface area (Å²) in [5.74, 6) is 0. The van der Waals surface area contributed by atoms with Crippen molar-refractivity contribution in [1.82, 2.24) is 9.97 Å². The van der Waals surface area contributed by atoms with Gasteiger partial charge in [-0.15, -0.1) is 0 Å². The van der Waals surface area contributed by atoms with Gasteiger partial charge in [0.2, 0.25) is 0 Å². The summed E-state index contributed by atoms with van der Waals surface area (Å²) in [6.07, 6.45) is 3.64. The Morgan fingerprint density at radius 2 is 1.68 bits per heavy atom. The van der Waals surface area contributed by atoms with Gasteiger partial charge in [-0.1, -0.05) is 32.9 Å². The van der Waals surface area contributed by atoms with Crippen LogP contribution in [0.4, 0.5) is 0 Å². The summed E-state index contributed by atoms with van der Waals surface area (Å²) < 4.78 is 0. The van der Waals surface area contributed by atoms with Crippen LogP contribution in [0.2, 0.25) is 0 Å². The fourth-order valence-corrected chi connectivity index (χ4v) is 2.28. The monoisotopic (exact) mass is 250 g/mol. The fraction of sp³-hybridized carbons (Fsp3) is 0.235. The lowest BCUT2D eigenvalue weighted by Gasteiger charge is -2.18. The fourth-order valence-electron chi connectivity index (χ4n) is 2.28. The quantitative estimate of drug-likeness (QED) is 0.675. The topological polar surface area (TPSA) is 28.7 Å². The molecule has 0 unspecified atom stereocenters. The maximum atomic E-state index is 4.06. The predicted molar refractivity (Wildman–Crippen MR) is 80.2 cm³/mol. The number of aromatic amines is 1. The first-order valence-corrected chi connectivity index (χ1v) is 6.58. The van der Waals surface area contributed by atoms with Crippen molar-refractivity contribution < 1.29 is 0 Å². The number of pyridine rings is 1. The van der Waals surface area contributed by atoms with Crippen LogP contribution in [0.25, 0.3) is 22.2 Å². The molecule has 0 spiro atoms. The lowest BCUT2D eigenvalue weighted by molar-refractivity contribution is 0.591. The molecule has 0 aliphatic rings. The Labute approximate surface area is 113 Å². The molecule has 0 aliphatic carbocycles. The second-order valence-electron chi connectivity index (χ2n) is 5.97. The van der Waals surface area contributed by atoms with E-state index in [1.165, 1.54) is 22.0 Å². The Balaban J connectivity index is 2.12. The maximum absolute atomic E-state index is 4.06. The molecule has 19 heavy (non-hydrogen) atoms. The van der Waals surface area contributed by atoms with Crippen molar-refractivity contribution in [2.75, 3.05) is 0 Å². The third-order valence-electron chi connectivity index (χ3n) is 3.48. The van der Waals surface area contributed by atoms with E-state index in [1.54, 1.807) is 0 Å². The van der Waals surface area contributed by atoms with Gasteiger partial charge in [0, 0.05) is 34.6 Å². The molecule has 2 heteroatoms. The first-order valence-electron chi connectivity index (χ1n) is 6.58. The summed E-state index contributed by atoms with van der Waals surface area (Å²) in [5, 5.41) is 1.25. The molecule has 0 amide bonds. The Morgan fingerprint density at radius 3 is 2.37 bits per heavy atom. The van der Waals surface area contributed by atoms with Crippen LogP contribution in [0.3, 0.4) is 0 Å². The third kappa shape index (κ3) is 2.26. The molecule has 0 aliphatic heterocycles. The summed E-state index contributed by atoms with van der Waals surface area (Å²) in [4.78, 5) is 7.55. The number of hydrogen-bond donors (Lipinski definition) is 1. The number of benzene rings is 1. The van der Waals surface area contributed by atoms with Crippen LogP contribution in [0.5, 0.6) is 0 Å². The summed E-state index contributed by atoms with van der Waals surface area (Å²) in [6, 6.07) is 12.9. The zero-order valence-corrected chi connectivity index (χ0v) is 11.6. The zero-order valence-electron chi connectivity index (χ0n) is 11.6. The third-order valence-corrected chi connectivity index (χ3v) is 3.48. The highest BCUT2D eigenvalue weighted by Crippen LogP contribution is 2.28. The van der Waals surface area contributed by atoms with Gasteiger partial charge in [0.25, 0.3) is 0 Å². The number of hydrogen-bond acceptors (Lipinski definition) is 1. The SMILES string of the molecule is CC(C)(C)c1ccc2cc(-c3ccncc3)[nH]c2c1. The lowest BCUT2D eigenvalue weighted by atomic mass is 9.87. The van der Waals surface area contributed by atoms with Gasteiger partial charge < -0.3 is 4.98 Å². The number of nitrogens with zero attached hydrogens (tertiary/aromatic N) is 1. The largest absolute Gasteiger partial charge is 0.355 e. The minimum absolute atomic E-state index is 0.177. The van der Waals surface area contributed by atoms with Gasteiger partial charge in [0.15, 0.2) is 0 Å². The molecular formula is C17H18N2. The molecule has 0 fully saturated rings. The van der Waals surface area contributed by atoms with Crippen molar-refractivity contribution >= 4 is 10.9 Å². The number of fused-ring (bicyclic) bond motifs is 1. The second-order valence-corrected chi connectivity index (χ2v) is 5.97. The minimum Gasteiger partial charge on any atom is -0.355 e. The highest BCUT2D eigenvalue weighted by atomic mass is 14.7. The molecule has 1 N–H and O–H groups in total. The van der Waals surface area contributed by atoms with Crippen LogP contribution in [0.15, 0.2) is 48.8 Å². The first kappa shape index (κ1) is 12.0. The van der Waals surface area contributed by atoms with Gasteiger partial charge in [0.05, 0.1) is 0 Å². The highest BCUT2D eigenvalue weighted by Gasteiger charge is 2.14. The zero-order chi connectivity index (χ0) is 13.5. The summed E-state index contributed by atoms with van der Waals surface area (Å²) in [7, 11) is 0. The molecule has 3 aromatic rings. The van der Waals surface area contributed by atoms with Crippen molar-refractivity contribution in [2.45, 2.75) is 26.2 Å². The molecule has 0 bridgehead atoms. The summed E-state index contributed by atoms with van der Waals surface area (Å²) in [5.41, 5.74) is 5.03. The minimum atomic E-state index is 0.177. The van der Waals surface area contributed by atoms with Gasteiger partial charge in [-0.3, -0.25) is 4.98 Å². The average molecular weight is 250 g/mol. The van der Waals surface area contributed by atoms with E-state index < -0.39 is 0 Å². The molecule has 0 atom stereocenters. The summed E-state index contributed by atoms with van der Waals surface area (Å²) >= 11 is 0. The second kappa shape index (κ2) is 4.23. The molecule has 2 aromatic heterocycles. The van der Waals surface area contributed by atoms with E-state index in [-0.39, 0.29) is 5.41 Å². The standard InChI is InChI=1S/C17H18N2/c1-17(2,3)14-5-4-13-10-15(19-16(13)11-14)12-6-8-18-9-7-12/h4-11,19H,1-3H3. The van der Waals surface area contributed by atoms with Crippen molar-refractivity contribution in [2.24, 2.45) is 0 Å². The van der Waals surface area contributed by atoms with E-state index in [9.17, 15) is 0 Å². The van der Waals surface area contributed by atoms with Gasteiger partial charge in [-0.05, 0) is 35.2 Å². The van der Waals surface area contributed by atoms with Crippen molar-refractivity contribution in [3.63, 3.8) is 0 Å². The smallest absolute Gasteiger partial charge is 0.0465 e. The van der Waals surface area contributed by atoms with Gasteiger partial charge >= 0.3 is 0 Å². The molecule has 2 nitrogen and oxygen atoms in total. The number of aromatic nitrogens is 2. The number of rotatable bonds is 1. The Morgan fingerprint density at radius 1 is 0.947 bits per heavy atom. The van der Waals surface area contributed by atoms with E-state index in [0.717, 1.165) is 5.69 Å². The van der Waals surface area contributed by atoms with Crippen LogP contribution in [0.1, 0.15) is 26.3 Å². The molecule has 0 saturated carbocycles. The van der Waals surface area contributed by atoms with Crippen molar-refractivity contribution in [3.05, 3.63) is 54.4 Å². The van der Waals surface area contributed by atoms with Crippen molar-refractivity contribution in [3.8, 4) is 11.3 Å². The van der Waals surface area contributed by atoms with Crippen LogP contribution in [-0.2, 0) is 5.41 Å². The Hall–Kier alpha value is -2.09. The molecule has 0 saturated heterocycles. The van der Waals surface area contributed by atoms with Gasteiger partial charge in [0.1, 0.15) is 0 Å². The molecular weight excluding hydrogens is 232 g/mol. The molecule has 0 radical (unpaired) electrons. The Bertz CT molecular complexity index is 703. The van der Waals surface area contributed by atoms with E-state index in [2.05, 4.69) is 55.0 Å². The maximum Gasteiger partial charge on any atom is 0.0465 e. The molecule has 2 heterocycles. The molecule has 1 aromatic carbocycles. The van der Waals surface area contributed by atoms with E-state index in [0.29, 0.717) is 0 Å². The van der Waals surface area contributed by atoms with Crippen LogP contribution in [0, 0.1) is 0 Å². The van der Waals surface area contributed by atoms with E-state index in [1.807, 2.05) is 24.5 Å². The highest BCUT2D eigenvalue weighted by molar-refractivity contribution is 5.86. The molecule has 96 valence electrons. The number of nitrogens with one attached hydrogen (secondary N) is 1. The predicted octanol–water partition coefficient (Wildman–Crippen LogP) is 4.53. The van der Waals surface area contributed by atoms with Crippen LogP contribution < -0.4 is 0 Å². The van der Waals surface area contributed by atoms with Crippen LogP contribution >= 0.6 is 0 Å². The summed E-state index contributed by atoms with van der Waals surface area (Å²) in [6.45, 7) is 6.71. The number of H-pyrrole nitrogens is 1. The van der Waals surface area contributed by atoms with E-state index >= 15 is 0 Å². The van der Waals surface area contributed by atoms with Gasteiger partial charge in [-0.25, -0.2) is 0 Å². The van der Waals surface area contributed by atoms with Crippen LogP contribution in [-0.4, -0.2) is 9.97 Å². The lowest BCUT2D eigenvalue weighted by Crippen LogP contribution is -2.10.